The summed E-state index contributed by atoms with van der Waals surface area (Å²) in [5.41, 5.74) is 4.82. The first-order valence-electron chi connectivity index (χ1n) is 14.4. The molecule has 200 valence electrons. The van der Waals surface area contributed by atoms with Crippen LogP contribution < -0.4 is 4.90 Å². The first-order chi connectivity index (χ1) is 21.3. The van der Waals surface area contributed by atoms with Crippen LogP contribution >= 0.6 is 0 Å². The minimum absolute atomic E-state index is 0.381. The van der Waals surface area contributed by atoms with Gasteiger partial charge < -0.3 is 0 Å². The molecule has 8 aromatic rings. The zero-order chi connectivity index (χ0) is 28.8. The predicted octanol–water partition coefficient (Wildman–Crippen LogP) is 10.7. The second-order valence-electron chi connectivity index (χ2n) is 10.7. The van der Waals surface area contributed by atoms with E-state index < -0.39 is 0 Å². The average molecular weight is 548 g/mol. The zero-order valence-corrected chi connectivity index (χ0v) is 23.3. The Morgan fingerprint density at radius 3 is 1.72 bits per heavy atom. The second-order valence-corrected chi connectivity index (χ2v) is 10.7. The number of nitrogens with zero attached hydrogens (tertiary/aromatic N) is 3. The third-order valence-electron chi connectivity index (χ3n) is 8.26. The van der Waals surface area contributed by atoms with Gasteiger partial charge in [-0.15, -0.1) is 0 Å². The fourth-order valence-corrected chi connectivity index (χ4v) is 6.46. The molecule has 0 saturated heterocycles. The van der Waals surface area contributed by atoms with Gasteiger partial charge in [0.25, 0.3) is 0 Å². The maximum absolute atomic E-state index is 9.72. The molecule has 0 radical (unpaired) electrons. The Morgan fingerprint density at radius 1 is 0.488 bits per heavy atom. The number of hydrogen-bond donors (Lipinski definition) is 0. The molecule has 0 aliphatic heterocycles. The van der Waals surface area contributed by atoms with E-state index >= 15 is 0 Å². The van der Waals surface area contributed by atoms with Gasteiger partial charge in [0.2, 0.25) is 0 Å². The highest BCUT2D eigenvalue weighted by Gasteiger charge is 2.23. The van der Waals surface area contributed by atoms with Gasteiger partial charge in [0.15, 0.2) is 0 Å². The summed E-state index contributed by atoms with van der Waals surface area (Å²) in [4.78, 5) is 6.97. The maximum Gasteiger partial charge on any atom is 0.142 e. The van der Waals surface area contributed by atoms with Crippen LogP contribution in [0.4, 0.5) is 17.2 Å². The van der Waals surface area contributed by atoms with Crippen molar-refractivity contribution in [3.05, 3.63) is 157 Å². The molecular formula is C40H25N3. The number of rotatable bonds is 4. The minimum Gasteiger partial charge on any atom is -0.294 e. The Kier molecular flexibility index (Phi) is 5.84. The van der Waals surface area contributed by atoms with Gasteiger partial charge in [-0.25, -0.2) is 4.98 Å². The summed E-state index contributed by atoms with van der Waals surface area (Å²) in [6, 6.07) is 55.1. The van der Waals surface area contributed by atoms with Crippen LogP contribution in [-0.2, 0) is 0 Å². The average Bonchev–Trinajstić information content (AvgIpc) is 3.08. The molecule has 0 aliphatic rings. The topological polar surface area (TPSA) is 39.9 Å². The van der Waals surface area contributed by atoms with Crippen LogP contribution in [0.15, 0.2) is 152 Å². The molecule has 0 fully saturated rings. The number of pyridine rings is 1. The smallest absolute Gasteiger partial charge is 0.142 e. The van der Waals surface area contributed by atoms with Crippen LogP contribution in [0, 0.1) is 11.3 Å². The van der Waals surface area contributed by atoms with E-state index in [9.17, 15) is 5.26 Å². The highest BCUT2D eigenvalue weighted by Crippen LogP contribution is 2.49. The molecular weight excluding hydrogens is 522 g/mol. The molecule has 0 atom stereocenters. The lowest BCUT2D eigenvalue weighted by atomic mass is 9.86. The Hall–Kier alpha value is -5.98. The van der Waals surface area contributed by atoms with Crippen molar-refractivity contribution in [3.8, 4) is 17.2 Å². The van der Waals surface area contributed by atoms with E-state index in [1.807, 2.05) is 30.3 Å². The standard InChI is InChI=1S/C40H25N3/c41-26-28-14-12-24-38(42-28)43(29-15-2-1-3-16-29)40-35-22-10-8-20-33(35)39(34-21-9-11-23-36(34)40)37-25-27-13-4-5-17-30(27)31-18-6-7-19-32(31)37/h1-25H. The van der Waals surface area contributed by atoms with E-state index in [4.69, 9.17) is 4.98 Å². The number of benzene rings is 7. The van der Waals surface area contributed by atoms with Crippen LogP contribution in [-0.4, -0.2) is 4.98 Å². The molecule has 0 saturated carbocycles. The summed E-state index contributed by atoms with van der Waals surface area (Å²) in [6.45, 7) is 0. The van der Waals surface area contributed by atoms with Crippen LogP contribution in [0.3, 0.4) is 0 Å². The first kappa shape index (κ1) is 24.8. The summed E-state index contributed by atoms with van der Waals surface area (Å²) in [7, 11) is 0. The van der Waals surface area contributed by atoms with Crippen molar-refractivity contribution in [2.75, 3.05) is 4.90 Å². The van der Waals surface area contributed by atoms with Gasteiger partial charge in [-0.1, -0.05) is 121 Å². The predicted molar refractivity (Wildman–Crippen MR) is 179 cm³/mol. The van der Waals surface area contributed by atoms with E-state index in [2.05, 4.69) is 126 Å². The summed E-state index contributed by atoms with van der Waals surface area (Å²) in [5.74, 6) is 0.699. The van der Waals surface area contributed by atoms with Gasteiger partial charge in [-0.3, -0.25) is 4.90 Å². The fraction of sp³-hybridized carbons (Fsp3) is 0. The molecule has 0 aliphatic carbocycles. The molecule has 0 N–H and O–H groups in total. The Morgan fingerprint density at radius 2 is 1.05 bits per heavy atom. The number of para-hydroxylation sites is 1. The lowest BCUT2D eigenvalue weighted by molar-refractivity contribution is 1.17. The molecule has 8 rings (SSSR count). The fourth-order valence-electron chi connectivity index (χ4n) is 6.46. The van der Waals surface area contributed by atoms with Crippen molar-refractivity contribution in [2.45, 2.75) is 0 Å². The van der Waals surface area contributed by atoms with E-state index in [1.165, 1.54) is 32.7 Å². The summed E-state index contributed by atoms with van der Waals surface area (Å²) >= 11 is 0. The van der Waals surface area contributed by atoms with Crippen LogP contribution in [0.2, 0.25) is 0 Å². The number of fused-ring (bicyclic) bond motifs is 5. The lowest BCUT2D eigenvalue weighted by Gasteiger charge is -2.28. The van der Waals surface area contributed by atoms with Gasteiger partial charge in [-0.2, -0.15) is 5.26 Å². The molecule has 0 spiro atoms. The molecule has 0 bridgehead atoms. The van der Waals surface area contributed by atoms with Gasteiger partial charge in [0.05, 0.1) is 5.69 Å². The molecule has 3 heteroatoms. The van der Waals surface area contributed by atoms with E-state index in [0.717, 1.165) is 32.9 Å². The quantitative estimate of drug-likeness (QED) is 0.162. The van der Waals surface area contributed by atoms with Crippen molar-refractivity contribution in [1.82, 2.24) is 4.98 Å². The Bertz CT molecular complexity index is 2310. The van der Waals surface area contributed by atoms with Gasteiger partial charge in [-0.05, 0) is 73.8 Å². The monoisotopic (exact) mass is 547 g/mol. The number of anilines is 3. The maximum atomic E-state index is 9.72. The van der Waals surface area contributed by atoms with Crippen molar-refractivity contribution in [1.29, 1.82) is 5.26 Å². The molecule has 7 aromatic carbocycles. The number of hydrogen-bond acceptors (Lipinski definition) is 3. The Labute approximate surface area is 249 Å². The molecule has 0 amide bonds. The molecule has 43 heavy (non-hydrogen) atoms. The van der Waals surface area contributed by atoms with Crippen molar-refractivity contribution in [2.24, 2.45) is 0 Å². The van der Waals surface area contributed by atoms with Crippen LogP contribution in [0.25, 0.3) is 54.2 Å². The zero-order valence-electron chi connectivity index (χ0n) is 23.3. The van der Waals surface area contributed by atoms with E-state index in [-0.39, 0.29) is 0 Å². The van der Waals surface area contributed by atoms with Gasteiger partial charge >= 0.3 is 0 Å². The van der Waals surface area contributed by atoms with Crippen molar-refractivity contribution >= 4 is 60.3 Å². The third-order valence-corrected chi connectivity index (χ3v) is 8.26. The third kappa shape index (κ3) is 4.01. The van der Waals surface area contributed by atoms with Crippen LogP contribution in [0.5, 0.6) is 0 Å². The van der Waals surface area contributed by atoms with E-state index in [1.54, 1.807) is 6.07 Å². The number of nitriles is 1. The van der Waals surface area contributed by atoms with E-state index in [0.29, 0.717) is 11.5 Å². The largest absolute Gasteiger partial charge is 0.294 e. The minimum atomic E-state index is 0.381. The molecule has 0 unspecified atom stereocenters. The lowest BCUT2D eigenvalue weighted by Crippen LogP contribution is -2.13. The van der Waals surface area contributed by atoms with Crippen molar-refractivity contribution in [3.63, 3.8) is 0 Å². The molecule has 1 heterocycles. The first-order valence-corrected chi connectivity index (χ1v) is 14.4. The van der Waals surface area contributed by atoms with Gasteiger partial charge in [0.1, 0.15) is 17.6 Å². The summed E-state index contributed by atoms with van der Waals surface area (Å²) in [6.07, 6.45) is 0. The van der Waals surface area contributed by atoms with Crippen LogP contribution in [0.1, 0.15) is 5.69 Å². The summed E-state index contributed by atoms with van der Waals surface area (Å²) in [5, 5.41) is 19.2. The van der Waals surface area contributed by atoms with Crippen molar-refractivity contribution < 1.29 is 0 Å². The normalized spacial score (nSPS) is 11.2. The highest BCUT2D eigenvalue weighted by molar-refractivity contribution is 6.26. The summed E-state index contributed by atoms with van der Waals surface area (Å²) < 4.78 is 0. The SMILES string of the molecule is N#Cc1cccc(N(c2ccccc2)c2c3ccccc3c(-c3cc4ccccc4c4ccccc34)c3ccccc23)n1. The highest BCUT2D eigenvalue weighted by atomic mass is 15.2. The Balaban J connectivity index is 1.54. The van der Waals surface area contributed by atoms with Gasteiger partial charge in [0, 0.05) is 16.5 Å². The number of aromatic nitrogens is 1. The molecule has 1 aromatic heterocycles. The molecule has 3 nitrogen and oxygen atoms in total. The second kappa shape index (κ2) is 10.1.